The van der Waals surface area contributed by atoms with E-state index in [4.69, 9.17) is 5.73 Å². The van der Waals surface area contributed by atoms with Crippen LogP contribution in [0.15, 0.2) is 24.3 Å². The fourth-order valence-electron chi connectivity index (χ4n) is 2.91. The molecule has 17 heavy (non-hydrogen) atoms. The summed E-state index contributed by atoms with van der Waals surface area (Å²) in [5, 5.41) is 0. The average molecular weight is 232 g/mol. The second-order valence-electron chi connectivity index (χ2n) is 5.22. The van der Waals surface area contributed by atoms with E-state index in [0.717, 1.165) is 5.92 Å². The Morgan fingerprint density at radius 2 is 1.88 bits per heavy atom. The normalized spacial score (nSPS) is 17.1. The second kappa shape index (κ2) is 6.06. The molecule has 1 aromatic carbocycles. The van der Waals surface area contributed by atoms with Gasteiger partial charge in [0, 0.05) is 25.8 Å². The maximum Gasteiger partial charge on any atom is 0.0409 e. The van der Waals surface area contributed by atoms with Crippen molar-refractivity contribution in [3.05, 3.63) is 29.8 Å². The minimum Gasteiger partial charge on any atom is -0.374 e. The maximum atomic E-state index is 5.79. The van der Waals surface area contributed by atoms with Crippen LogP contribution in [0.3, 0.4) is 0 Å². The third kappa shape index (κ3) is 3.22. The molecule has 0 heterocycles. The fourth-order valence-corrected chi connectivity index (χ4v) is 2.91. The minimum atomic E-state index is 0.630. The number of para-hydroxylation sites is 1. The third-order valence-corrected chi connectivity index (χ3v) is 3.88. The average Bonchev–Trinajstić information content (AvgIpc) is 2.40. The predicted octanol–water partition coefficient (Wildman–Crippen LogP) is 3.16. The molecular formula is C15H24N2. The van der Waals surface area contributed by atoms with Crippen molar-refractivity contribution in [2.24, 2.45) is 11.7 Å². The van der Waals surface area contributed by atoms with E-state index in [1.54, 1.807) is 0 Å². The molecule has 0 spiro atoms. The van der Waals surface area contributed by atoms with Gasteiger partial charge in [-0.1, -0.05) is 37.5 Å². The largest absolute Gasteiger partial charge is 0.374 e. The molecular weight excluding hydrogens is 208 g/mol. The summed E-state index contributed by atoms with van der Waals surface area (Å²) >= 11 is 0. The quantitative estimate of drug-likeness (QED) is 0.864. The number of nitrogens with zero attached hydrogens (tertiary/aromatic N) is 1. The Kier molecular flexibility index (Phi) is 4.43. The summed E-state index contributed by atoms with van der Waals surface area (Å²) in [6.07, 6.45) is 7.05. The molecule has 2 heteroatoms. The summed E-state index contributed by atoms with van der Waals surface area (Å²) < 4.78 is 0. The Morgan fingerprint density at radius 3 is 2.59 bits per heavy atom. The van der Waals surface area contributed by atoms with Crippen LogP contribution in [0.25, 0.3) is 0 Å². The number of hydrogen-bond acceptors (Lipinski definition) is 2. The molecule has 2 N–H and O–H groups in total. The van der Waals surface area contributed by atoms with Crippen LogP contribution in [-0.2, 0) is 6.54 Å². The standard InChI is InChI=1S/C15H24N2/c1-17(12-13-7-3-2-4-8-13)15-10-6-5-9-14(15)11-16/h5-6,9-10,13H,2-4,7-8,11-12,16H2,1H3. The summed E-state index contributed by atoms with van der Waals surface area (Å²) in [4.78, 5) is 2.39. The van der Waals surface area contributed by atoms with E-state index in [-0.39, 0.29) is 0 Å². The van der Waals surface area contributed by atoms with E-state index in [2.05, 4.69) is 36.2 Å². The van der Waals surface area contributed by atoms with Crippen molar-refractivity contribution < 1.29 is 0 Å². The Balaban J connectivity index is 2.00. The number of anilines is 1. The Morgan fingerprint density at radius 1 is 1.18 bits per heavy atom. The molecule has 0 saturated heterocycles. The van der Waals surface area contributed by atoms with Gasteiger partial charge in [0.05, 0.1) is 0 Å². The van der Waals surface area contributed by atoms with Crippen LogP contribution in [0.4, 0.5) is 5.69 Å². The van der Waals surface area contributed by atoms with Gasteiger partial charge < -0.3 is 10.6 Å². The summed E-state index contributed by atoms with van der Waals surface area (Å²) in [6, 6.07) is 8.49. The second-order valence-corrected chi connectivity index (χ2v) is 5.22. The molecule has 2 nitrogen and oxygen atoms in total. The van der Waals surface area contributed by atoms with Crippen LogP contribution in [-0.4, -0.2) is 13.6 Å². The lowest BCUT2D eigenvalue weighted by atomic mass is 9.89. The molecule has 1 fully saturated rings. The van der Waals surface area contributed by atoms with Crippen molar-refractivity contribution in [2.75, 3.05) is 18.5 Å². The van der Waals surface area contributed by atoms with E-state index >= 15 is 0 Å². The topological polar surface area (TPSA) is 29.3 Å². The molecule has 0 bridgehead atoms. The van der Waals surface area contributed by atoms with Crippen molar-refractivity contribution >= 4 is 5.69 Å². The van der Waals surface area contributed by atoms with Crippen LogP contribution in [0.2, 0.25) is 0 Å². The van der Waals surface area contributed by atoms with Crippen molar-refractivity contribution in [1.29, 1.82) is 0 Å². The number of benzene rings is 1. The molecule has 0 radical (unpaired) electrons. The first-order chi connectivity index (χ1) is 8.31. The summed E-state index contributed by atoms with van der Waals surface area (Å²) in [5.74, 6) is 0.875. The first-order valence-corrected chi connectivity index (χ1v) is 6.80. The Labute approximate surface area is 105 Å². The Bertz CT molecular complexity index is 343. The van der Waals surface area contributed by atoms with E-state index in [0.29, 0.717) is 6.54 Å². The highest BCUT2D eigenvalue weighted by Gasteiger charge is 2.16. The van der Waals surface area contributed by atoms with Crippen molar-refractivity contribution in [1.82, 2.24) is 0 Å². The third-order valence-electron chi connectivity index (χ3n) is 3.88. The maximum absolute atomic E-state index is 5.79. The molecule has 0 amide bonds. The summed E-state index contributed by atoms with van der Waals surface area (Å²) in [5.41, 5.74) is 8.36. The molecule has 0 aliphatic heterocycles. The molecule has 1 saturated carbocycles. The molecule has 0 aromatic heterocycles. The van der Waals surface area contributed by atoms with Gasteiger partial charge in [0.2, 0.25) is 0 Å². The predicted molar refractivity (Wildman–Crippen MR) is 74.2 cm³/mol. The van der Waals surface area contributed by atoms with Gasteiger partial charge in [-0.05, 0) is 30.4 Å². The van der Waals surface area contributed by atoms with Crippen LogP contribution >= 0.6 is 0 Å². The molecule has 94 valence electrons. The zero-order valence-corrected chi connectivity index (χ0v) is 10.9. The summed E-state index contributed by atoms with van der Waals surface area (Å²) in [7, 11) is 2.20. The van der Waals surface area contributed by atoms with E-state index in [1.165, 1.54) is 49.9 Å². The van der Waals surface area contributed by atoms with Crippen molar-refractivity contribution in [3.8, 4) is 0 Å². The zero-order valence-electron chi connectivity index (χ0n) is 10.9. The fraction of sp³-hybridized carbons (Fsp3) is 0.600. The number of nitrogens with two attached hydrogens (primary N) is 1. The van der Waals surface area contributed by atoms with Crippen molar-refractivity contribution in [3.63, 3.8) is 0 Å². The molecule has 2 rings (SSSR count). The highest BCUT2D eigenvalue weighted by Crippen LogP contribution is 2.27. The van der Waals surface area contributed by atoms with Crippen molar-refractivity contribution in [2.45, 2.75) is 38.6 Å². The number of hydrogen-bond donors (Lipinski definition) is 1. The van der Waals surface area contributed by atoms with Gasteiger partial charge >= 0.3 is 0 Å². The minimum absolute atomic E-state index is 0.630. The van der Waals surface area contributed by atoms with Gasteiger partial charge in [-0.2, -0.15) is 0 Å². The van der Waals surface area contributed by atoms with E-state index < -0.39 is 0 Å². The first-order valence-electron chi connectivity index (χ1n) is 6.80. The van der Waals surface area contributed by atoms with Gasteiger partial charge in [-0.25, -0.2) is 0 Å². The van der Waals surface area contributed by atoms with Crippen LogP contribution in [0.1, 0.15) is 37.7 Å². The van der Waals surface area contributed by atoms with Crippen LogP contribution in [0.5, 0.6) is 0 Å². The van der Waals surface area contributed by atoms with Gasteiger partial charge in [0.25, 0.3) is 0 Å². The van der Waals surface area contributed by atoms with Crippen LogP contribution in [0, 0.1) is 5.92 Å². The lowest BCUT2D eigenvalue weighted by molar-refractivity contribution is 0.362. The molecule has 1 aliphatic carbocycles. The zero-order chi connectivity index (χ0) is 12.1. The number of rotatable bonds is 4. The van der Waals surface area contributed by atoms with Gasteiger partial charge in [0.1, 0.15) is 0 Å². The first kappa shape index (κ1) is 12.4. The molecule has 0 unspecified atom stereocenters. The highest BCUT2D eigenvalue weighted by molar-refractivity contribution is 5.52. The van der Waals surface area contributed by atoms with Gasteiger partial charge in [-0.15, -0.1) is 0 Å². The molecule has 1 aromatic rings. The lowest BCUT2D eigenvalue weighted by Crippen LogP contribution is -2.27. The van der Waals surface area contributed by atoms with Gasteiger partial charge in [-0.3, -0.25) is 0 Å². The van der Waals surface area contributed by atoms with Crippen LogP contribution < -0.4 is 10.6 Å². The van der Waals surface area contributed by atoms with E-state index in [1.807, 2.05) is 0 Å². The van der Waals surface area contributed by atoms with Gasteiger partial charge in [0.15, 0.2) is 0 Å². The SMILES string of the molecule is CN(CC1CCCCC1)c1ccccc1CN. The molecule has 1 aliphatic rings. The van der Waals surface area contributed by atoms with E-state index in [9.17, 15) is 0 Å². The monoisotopic (exact) mass is 232 g/mol. The molecule has 0 atom stereocenters. The smallest absolute Gasteiger partial charge is 0.0409 e. The summed E-state index contributed by atoms with van der Waals surface area (Å²) in [6.45, 7) is 1.81. The highest BCUT2D eigenvalue weighted by atomic mass is 15.1. The lowest BCUT2D eigenvalue weighted by Gasteiger charge is -2.29. The Hall–Kier alpha value is -1.02.